The molecule has 0 atom stereocenters. The van der Waals surface area contributed by atoms with Gasteiger partial charge in [0.15, 0.2) is 0 Å². The van der Waals surface area contributed by atoms with E-state index in [2.05, 4.69) is 5.32 Å². The number of rotatable bonds is 5. The Hall–Kier alpha value is -1.26. The summed E-state index contributed by atoms with van der Waals surface area (Å²) in [7, 11) is 1.71. The standard InChI is InChI=1S/C10H22N4O/c1-5-10(6-2,8(11)12)13-9(15)14(4)7-3/h5-7H2,1-4H3,(H3,11,12)(H,13,15). The maximum absolute atomic E-state index is 11.7. The normalized spacial score (nSPS) is 10.9. The molecule has 0 aromatic carbocycles. The summed E-state index contributed by atoms with van der Waals surface area (Å²) in [5.41, 5.74) is 4.84. The molecular weight excluding hydrogens is 192 g/mol. The first-order chi connectivity index (χ1) is 6.93. The lowest BCUT2D eigenvalue weighted by molar-refractivity contribution is 0.201. The Bertz CT molecular complexity index is 236. The van der Waals surface area contributed by atoms with Gasteiger partial charge in [0.25, 0.3) is 0 Å². The van der Waals surface area contributed by atoms with Gasteiger partial charge in [0.05, 0.1) is 5.54 Å². The van der Waals surface area contributed by atoms with Crippen LogP contribution in [0.1, 0.15) is 33.6 Å². The first-order valence-electron chi connectivity index (χ1n) is 5.31. The van der Waals surface area contributed by atoms with Crippen molar-refractivity contribution in [2.45, 2.75) is 39.2 Å². The molecule has 0 aromatic rings. The largest absolute Gasteiger partial charge is 0.386 e. The molecule has 0 saturated heterocycles. The van der Waals surface area contributed by atoms with Gasteiger partial charge in [-0.3, -0.25) is 5.41 Å². The lowest BCUT2D eigenvalue weighted by Crippen LogP contribution is -2.58. The second-order valence-corrected chi connectivity index (χ2v) is 3.65. The highest BCUT2D eigenvalue weighted by Gasteiger charge is 2.32. The number of nitrogens with one attached hydrogen (secondary N) is 2. The van der Waals surface area contributed by atoms with Gasteiger partial charge in [-0.2, -0.15) is 0 Å². The Morgan fingerprint density at radius 2 is 1.87 bits per heavy atom. The van der Waals surface area contributed by atoms with Crippen molar-refractivity contribution in [1.82, 2.24) is 10.2 Å². The Kier molecular flexibility index (Phi) is 5.11. The molecule has 0 spiro atoms. The third-order valence-electron chi connectivity index (χ3n) is 2.89. The van der Waals surface area contributed by atoms with Crippen LogP contribution < -0.4 is 11.1 Å². The molecule has 2 amide bonds. The van der Waals surface area contributed by atoms with E-state index >= 15 is 0 Å². The predicted octanol–water partition coefficient (Wildman–Crippen LogP) is 1.14. The summed E-state index contributed by atoms with van der Waals surface area (Å²) in [5.74, 6) is 0.0188. The second kappa shape index (κ2) is 5.58. The van der Waals surface area contributed by atoms with Crippen molar-refractivity contribution in [3.8, 4) is 0 Å². The Labute approximate surface area is 91.5 Å². The van der Waals surface area contributed by atoms with Gasteiger partial charge in [-0.05, 0) is 19.8 Å². The van der Waals surface area contributed by atoms with Crippen LogP contribution in [0.5, 0.6) is 0 Å². The van der Waals surface area contributed by atoms with Crippen molar-refractivity contribution < 1.29 is 4.79 Å². The molecule has 0 radical (unpaired) electrons. The summed E-state index contributed by atoms with van der Waals surface area (Å²) in [5, 5.41) is 10.4. The Morgan fingerprint density at radius 3 is 2.13 bits per heavy atom. The lowest BCUT2D eigenvalue weighted by atomic mass is 9.91. The smallest absolute Gasteiger partial charge is 0.317 e. The SMILES string of the molecule is CCN(C)C(=O)NC(CC)(CC)C(=N)N. The third-order valence-corrected chi connectivity index (χ3v) is 2.89. The average Bonchev–Trinajstić information content (AvgIpc) is 2.24. The van der Waals surface area contributed by atoms with Crippen LogP contribution in [0.3, 0.4) is 0 Å². The van der Waals surface area contributed by atoms with E-state index in [0.29, 0.717) is 19.4 Å². The van der Waals surface area contributed by atoms with Crippen molar-refractivity contribution in [3.05, 3.63) is 0 Å². The van der Waals surface area contributed by atoms with Gasteiger partial charge >= 0.3 is 6.03 Å². The number of amidine groups is 1. The zero-order valence-electron chi connectivity index (χ0n) is 10.1. The molecule has 0 aromatic heterocycles. The zero-order chi connectivity index (χ0) is 12.1. The fourth-order valence-electron chi connectivity index (χ4n) is 1.32. The van der Waals surface area contributed by atoms with Gasteiger partial charge in [-0.1, -0.05) is 13.8 Å². The van der Waals surface area contributed by atoms with Crippen molar-refractivity contribution in [3.63, 3.8) is 0 Å². The number of carbonyl (C=O) groups is 1. The molecule has 0 unspecified atom stereocenters. The van der Waals surface area contributed by atoms with Crippen molar-refractivity contribution in [1.29, 1.82) is 5.41 Å². The van der Waals surface area contributed by atoms with Crippen molar-refractivity contribution in [2.24, 2.45) is 5.73 Å². The topological polar surface area (TPSA) is 82.2 Å². The fraction of sp³-hybridized carbons (Fsp3) is 0.800. The van der Waals surface area contributed by atoms with E-state index in [1.807, 2.05) is 20.8 Å². The number of hydrogen-bond donors (Lipinski definition) is 3. The zero-order valence-corrected chi connectivity index (χ0v) is 10.1. The number of amides is 2. The predicted molar refractivity (Wildman–Crippen MR) is 62.1 cm³/mol. The highest BCUT2D eigenvalue weighted by Crippen LogP contribution is 2.14. The van der Waals surface area contributed by atoms with Crippen LogP contribution in [0.4, 0.5) is 4.79 Å². The minimum atomic E-state index is -0.694. The van der Waals surface area contributed by atoms with Crippen molar-refractivity contribution >= 4 is 11.9 Å². The summed E-state index contributed by atoms with van der Waals surface area (Å²) in [6, 6.07) is -0.184. The first-order valence-corrected chi connectivity index (χ1v) is 5.31. The monoisotopic (exact) mass is 214 g/mol. The summed E-state index contributed by atoms with van der Waals surface area (Å²) in [6.45, 7) is 6.36. The molecule has 0 saturated carbocycles. The summed E-state index contributed by atoms with van der Waals surface area (Å²) in [4.78, 5) is 13.2. The molecule has 5 nitrogen and oxygen atoms in total. The van der Waals surface area contributed by atoms with Crippen molar-refractivity contribution in [2.75, 3.05) is 13.6 Å². The average molecular weight is 214 g/mol. The van der Waals surface area contributed by atoms with E-state index in [4.69, 9.17) is 11.1 Å². The lowest BCUT2D eigenvalue weighted by Gasteiger charge is -2.33. The highest BCUT2D eigenvalue weighted by atomic mass is 16.2. The molecule has 0 bridgehead atoms. The summed E-state index contributed by atoms with van der Waals surface area (Å²) in [6.07, 6.45) is 1.25. The highest BCUT2D eigenvalue weighted by molar-refractivity contribution is 5.91. The van der Waals surface area contributed by atoms with E-state index < -0.39 is 5.54 Å². The number of urea groups is 1. The van der Waals surface area contributed by atoms with Gasteiger partial charge in [0.2, 0.25) is 0 Å². The van der Waals surface area contributed by atoms with Crippen LogP contribution in [-0.2, 0) is 0 Å². The Morgan fingerprint density at radius 1 is 1.40 bits per heavy atom. The Balaban J connectivity index is 4.69. The molecular formula is C10H22N4O. The number of carbonyl (C=O) groups excluding carboxylic acids is 1. The molecule has 0 aliphatic carbocycles. The van der Waals surface area contributed by atoms with Gasteiger partial charge < -0.3 is 16.0 Å². The first kappa shape index (κ1) is 13.7. The summed E-state index contributed by atoms with van der Waals surface area (Å²) >= 11 is 0. The van der Waals surface area contributed by atoms with Crippen LogP contribution in [-0.4, -0.2) is 35.9 Å². The third kappa shape index (κ3) is 3.11. The minimum Gasteiger partial charge on any atom is -0.386 e. The van der Waals surface area contributed by atoms with E-state index in [9.17, 15) is 4.79 Å². The molecule has 5 heteroatoms. The molecule has 0 fully saturated rings. The van der Waals surface area contributed by atoms with E-state index in [1.54, 1.807) is 11.9 Å². The molecule has 88 valence electrons. The van der Waals surface area contributed by atoms with Gasteiger partial charge in [0.1, 0.15) is 5.84 Å². The van der Waals surface area contributed by atoms with Crippen LogP contribution in [0.2, 0.25) is 0 Å². The number of nitrogens with two attached hydrogens (primary N) is 1. The number of hydrogen-bond acceptors (Lipinski definition) is 2. The molecule has 0 aliphatic heterocycles. The molecule has 15 heavy (non-hydrogen) atoms. The van der Waals surface area contributed by atoms with Crippen LogP contribution in [0.25, 0.3) is 0 Å². The van der Waals surface area contributed by atoms with E-state index in [-0.39, 0.29) is 11.9 Å². The maximum Gasteiger partial charge on any atom is 0.317 e. The van der Waals surface area contributed by atoms with Crippen LogP contribution in [0, 0.1) is 5.41 Å². The number of nitrogens with zero attached hydrogens (tertiary/aromatic N) is 1. The molecule has 0 rings (SSSR count). The second-order valence-electron chi connectivity index (χ2n) is 3.65. The quantitative estimate of drug-likeness (QED) is 0.474. The molecule has 0 aliphatic rings. The van der Waals surface area contributed by atoms with E-state index in [1.165, 1.54) is 0 Å². The minimum absolute atomic E-state index is 0.0188. The van der Waals surface area contributed by atoms with Gasteiger partial charge in [-0.25, -0.2) is 4.79 Å². The van der Waals surface area contributed by atoms with E-state index in [0.717, 1.165) is 0 Å². The fourth-order valence-corrected chi connectivity index (χ4v) is 1.32. The summed E-state index contributed by atoms with van der Waals surface area (Å²) < 4.78 is 0. The molecule has 0 heterocycles. The van der Waals surface area contributed by atoms with Gasteiger partial charge in [-0.15, -0.1) is 0 Å². The maximum atomic E-state index is 11.7. The van der Waals surface area contributed by atoms with Crippen LogP contribution in [0.15, 0.2) is 0 Å². The van der Waals surface area contributed by atoms with Crippen LogP contribution >= 0.6 is 0 Å². The van der Waals surface area contributed by atoms with Gasteiger partial charge in [0, 0.05) is 13.6 Å². The molecule has 4 N–H and O–H groups in total.